The first-order valence-electron chi connectivity index (χ1n) is 7.83. The molecule has 2 bridgehead atoms. The summed E-state index contributed by atoms with van der Waals surface area (Å²) in [5.74, 6) is -0.518. The van der Waals surface area contributed by atoms with Gasteiger partial charge in [0.15, 0.2) is 0 Å². The normalized spacial score (nSPS) is 28.2. The second-order valence-corrected chi connectivity index (χ2v) is 6.24. The van der Waals surface area contributed by atoms with E-state index < -0.39 is 6.09 Å². The van der Waals surface area contributed by atoms with Crippen molar-refractivity contribution in [3.05, 3.63) is 35.9 Å². The van der Waals surface area contributed by atoms with Crippen molar-refractivity contribution in [2.75, 3.05) is 0 Å². The molecule has 1 aromatic carbocycles. The number of piperidine rings is 1. The summed E-state index contributed by atoms with van der Waals surface area (Å²) in [6, 6.07) is 9.57. The quantitative estimate of drug-likeness (QED) is 0.872. The summed E-state index contributed by atoms with van der Waals surface area (Å²) in [7, 11) is 0. The van der Waals surface area contributed by atoms with Crippen molar-refractivity contribution in [3.8, 4) is 0 Å². The van der Waals surface area contributed by atoms with Crippen molar-refractivity contribution in [3.63, 3.8) is 0 Å². The van der Waals surface area contributed by atoms with Crippen LogP contribution in [-0.4, -0.2) is 40.3 Å². The van der Waals surface area contributed by atoms with Crippen LogP contribution in [0.1, 0.15) is 44.1 Å². The van der Waals surface area contributed by atoms with Crippen molar-refractivity contribution in [2.24, 2.45) is 0 Å². The van der Waals surface area contributed by atoms with E-state index in [2.05, 4.69) is 0 Å². The molecule has 0 aliphatic carbocycles. The summed E-state index contributed by atoms with van der Waals surface area (Å²) < 4.78 is 5.66. The highest BCUT2D eigenvalue weighted by atomic mass is 16.5. The molecule has 1 N–H and O–H groups in total. The first-order chi connectivity index (χ1) is 10.6. The van der Waals surface area contributed by atoms with Gasteiger partial charge in [-0.3, -0.25) is 4.79 Å². The van der Waals surface area contributed by atoms with Crippen LogP contribution < -0.4 is 0 Å². The maximum atomic E-state index is 12.3. The Morgan fingerprint density at radius 2 is 1.77 bits per heavy atom. The number of hydrogen-bond donors (Lipinski definition) is 1. The summed E-state index contributed by atoms with van der Waals surface area (Å²) in [6.07, 6.45) is 1.98. The lowest BCUT2D eigenvalue weighted by atomic mass is 9.99. The molecule has 22 heavy (non-hydrogen) atoms. The lowest BCUT2D eigenvalue weighted by Crippen LogP contribution is -2.48. The zero-order valence-corrected chi connectivity index (χ0v) is 12.6. The molecule has 5 heteroatoms. The molecule has 0 aromatic heterocycles. The van der Waals surface area contributed by atoms with Crippen LogP contribution in [0.4, 0.5) is 4.79 Å². The average Bonchev–Trinajstić information content (AvgIpc) is 2.79. The van der Waals surface area contributed by atoms with Gasteiger partial charge < -0.3 is 14.7 Å². The molecule has 2 aliphatic rings. The molecular formula is C17H21NO4. The zero-order valence-electron chi connectivity index (χ0n) is 12.6. The number of ether oxygens (including phenoxy) is 1. The van der Waals surface area contributed by atoms with Gasteiger partial charge in [-0.25, -0.2) is 4.79 Å². The molecule has 2 heterocycles. The fourth-order valence-electron chi connectivity index (χ4n) is 3.68. The minimum atomic E-state index is -0.852. The van der Waals surface area contributed by atoms with Gasteiger partial charge in [-0.2, -0.15) is 0 Å². The highest BCUT2D eigenvalue weighted by molar-refractivity contribution is 5.77. The molecule has 1 amide bonds. The van der Waals surface area contributed by atoms with Crippen LogP contribution >= 0.6 is 0 Å². The van der Waals surface area contributed by atoms with Gasteiger partial charge in [0.2, 0.25) is 0 Å². The van der Waals surface area contributed by atoms with Crippen LogP contribution in [0.15, 0.2) is 30.3 Å². The third kappa shape index (κ3) is 2.80. The molecule has 0 saturated carbocycles. The van der Waals surface area contributed by atoms with E-state index in [0.29, 0.717) is 12.8 Å². The fourth-order valence-corrected chi connectivity index (χ4v) is 3.68. The number of fused-ring (bicyclic) bond motifs is 2. The fraction of sp³-hybridized carbons (Fsp3) is 0.529. The van der Waals surface area contributed by atoms with Gasteiger partial charge >= 0.3 is 12.1 Å². The number of esters is 1. The average molecular weight is 303 g/mol. The predicted octanol–water partition coefficient (Wildman–Crippen LogP) is 3.01. The second kappa shape index (κ2) is 5.99. The molecule has 1 aromatic rings. The Hall–Kier alpha value is -2.04. The monoisotopic (exact) mass is 303 g/mol. The van der Waals surface area contributed by atoms with Crippen LogP contribution in [0.25, 0.3) is 0 Å². The molecule has 118 valence electrons. The number of carbonyl (C=O) groups is 2. The predicted molar refractivity (Wildman–Crippen MR) is 80.6 cm³/mol. The SMILES string of the molecule is CC(C(=O)O[C@@H]1C[C@H]2CC[C@@H](C1)N2C(=O)O)c1ccccc1. The van der Waals surface area contributed by atoms with Gasteiger partial charge in [-0.05, 0) is 25.3 Å². The third-order valence-electron chi connectivity index (χ3n) is 4.85. The van der Waals surface area contributed by atoms with Crippen molar-refractivity contribution in [2.45, 2.75) is 56.7 Å². The number of amides is 1. The number of benzene rings is 1. The van der Waals surface area contributed by atoms with E-state index in [0.717, 1.165) is 18.4 Å². The van der Waals surface area contributed by atoms with Crippen LogP contribution in [0.5, 0.6) is 0 Å². The number of carbonyl (C=O) groups excluding carboxylic acids is 1. The van der Waals surface area contributed by atoms with Crippen LogP contribution in [-0.2, 0) is 9.53 Å². The topological polar surface area (TPSA) is 66.8 Å². The van der Waals surface area contributed by atoms with Gasteiger partial charge in [0.05, 0.1) is 5.92 Å². The Bertz CT molecular complexity index is 545. The van der Waals surface area contributed by atoms with Gasteiger partial charge in [0, 0.05) is 24.9 Å². The molecule has 5 nitrogen and oxygen atoms in total. The van der Waals surface area contributed by atoms with Gasteiger partial charge in [0.1, 0.15) is 6.10 Å². The van der Waals surface area contributed by atoms with Crippen molar-refractivity contribution in [1.82, 2.24) is 4.90 Å². The number of carboxylic acid groups (broad SMARTS) is 1. The largest absolute Gasteiger partial charge is 0.465 e. The van der Waals surface area contributed by atoms with Crippen LogP contribution in [0.2, 0.25) is 0 Å². The highest BCUT2D eigenvalue weighted by Crippen LogP contribution is 2.37. The summed E-state index contributed by atoms with van der Waals surface area (Å²) in [5, 5.41) is 9.24. The Morgan fingerprint density at radius 3 is 2.32 bits per heavy atom. The summed E-state index contributed by atoms with van der Waals surface area (Å²) in [5.41, 5.74) is 0.943. The Balaban J connectivity index is 1.61. The number of nitrogens with zero attached hydrogens (tertiary/aromatic N) is 1. The zero-order chi connectivity index (χ0) is 15.7. The maximum Gasteiger partial charge on any atom is 0.407 e. The number of hydrogen-bond acceptors (Lipinski definition) is 3. The molecule has 2 fully saturated rings. The van der Waals surface area contributed by atoms with Gasteiger partial charge in [-0.1, -0.05) is 30.3 Å². The van der Waals surface area contributed by atoms with Crippen molar-refractivity contribution in [1.29, 1.82) is 0 Å². The number of rotatable bonds is 3. The molecule has 2 aliphatic heterocycles. The van der Waals surface area contributed by atoms with Gasteiger partial charge in [0.25, 0.3) is 0 Å². The van der Waals surface area contributed by atoms with E-state index in [4.69, 9.17) is 4.74 Å². The van der Waals surface area contributed by atoms with Gasteiger partial charge in [-0.15, -0.1) is 0 Å². The highest BCUT2D eigenvalue weighted by Gasteiger charge is 2.44. The Labute approximate surface area is 129 Å². The Kier molecular flexibility index (Phi) is 4.05. The maximum absolute atomic E-state index is 12.3. The lowest BCUT2D eigenvalue weighted by molar-refractivity contribution is -0.153. The van der Waals surface area contributed by atoms with E-state index in [1.54, 1.807) is 4.90 Å². The Morgan fingerprint density at radius 1 is 1.18 bits per heavy atom. The summed E-state index contributed by atoms with van der Waals surface area (Å²) in [4.78, 5) is 25.1. The first-order valence-corrected chi connectivity index (χ1v) is 7.83. The standard InChI is InChI=1S/C17H21NO4/c1-11(12-5-3-2-4-6-12)16(19)22-15-9-13-7-8-14(10-15)18(13)17(20)21/h2-6,11,13-15H,7-10H2,1H3,(H,20,21)/t11?,13-,14+,15-. The summed E-state index contributed by atoms with van der Waals surface area (Å²) in [6.45, 7) is 1.85. The molecule has 2 saturated heterocycles. The van der Waals surface area contributed by atoms with E-state index in [-0.39, 0.29) is 30.1 Å². The smallest absolute Gasteiger partial charge is 0.407 e. The minimum absolute atomic E-state index is 0.00100. The third-order valence-corrected chi connectivity index (χ3v) is 4.85. The molecule has 4 atom stereocenters. The van der Waals surface area contributed by atoms with Crippen molar-refractivity contribution < 1.29 is 19.4 Å². The minimum Gasteiger partial charge on any atom is -0.465 e. The molecule has 3 rings (SSSR count). The van der Waals surface area contributed by atoms with Crippen molar-refractivity contribution >= 4 is 12.1 Å². The van der Waals surface area contributed by atoms with Crippen LogP contribution in [0.3, 0.4) is 0 Å². The van der Waals surface area contributed by atoms with E-state index in [1.807, 2.05) is 37.3 Å². The summed E-state index contributed by atoms with van der Waals surface area (Å²) >= 11 is 0. The molecule has 1 unspecified atom stereocenters. The molecular weight excluding hydrogens is 282 g/mol. The first kappa shape index (κ1) is 14.9. The molecule has 0 radical (unpaired) electrons. The lowest BCUT2D eigenvalue weighted by Gasteiger charge is -2.36. The second-order valence-electron chi connectivity index (χ2n) is 6.24. The van der Waals surface area contributed by atoms with E-state index in [1.165, 1.54) is 0 Å². The van der Waals surface area contributed by atoms with E-state index >= 15 is 0 Å². The van der Waals surface area contributed by atoms with E-state index in [9.17, 15) is 14.7 Å². The van der Waals surface area contributed by atoms with Crippen LogP contribution in [0, 0.1) is 0 Å². The molecule has 0 spiro atoms.